The molecule has 0 spiro atoms. The summed E-state index contributed by atoms with van der Waals surface area (Å²) in [7, 11) is 6.20. The average Bonchev–Trinajstić information content (AvgIpc) is 3.57. The summed E-state index contributed by atoms with van der Waals surface area (Å²) < 4.78 is 23.8. The number of hydrogen-bond acceptors (Lipinski definition) is 10. The summed E-state index contributed by atoms with van der Waals surface area (Å²) in [5.74, 6) is 2.23. The summed E-state index contributed by atoms with van der Waals surface area (Å²) in [6.07, 6.45) is 4.91. The van der Waals surface area contributed by atoms with E-state index in [4.69, 9.17) is 51.7 Å². The maximum atomic E-state index is 12.2. The van der Waals surface area contributed by atoms with E-state index in [9.17, 15) is 9.59 Å². The maximum Gasteiger partial charge on any atom is 0.373 e. The Balaban J connectivity index is 0.000000221. The van der Waals surface area contributed by atoms with Crippen molar-refractivity contribution in [1.82, 2.24) is 24.4 Å². The van der Waals surface area contributed by atoms with Crippen molar-refractivity contribution < 1.29 is 33.3 Å². The third-order valence-electron chi connectivity index (χ3n) is 6.20. The molecule has 0 unspecified atom stereocenters. The van der Waals surface area contributed by atoms with Crippen LogP contribution in [0.5, 0.6) is 23.0 Å². The first-order valence-corrected chi connectivity index (χ1v) is 13.3. The van der Waals surface area contributed by atoms with Crippen molar-refractivity contribution >= 4 is 40.7 Å². The van der Waals surface area contributed by atoms with E-state index in [0.29, 0.717) is 49.8 Å². The molecule has 1 N–H and O–H groups in total. The molecule has 230 valence electrons. The molecule has 5 rings (SSSR count). The van der Waals surface area contributed by atoms with Gasteiger partial charge in [-0.05, 0) is 43.3 Å². The molecule has 0 aliphatic carbocycles. The van der Waals surface area contributed by atoms with Gasteiger partial charge in [0, 0.05) is 11.1 Å². The second-order valence-electron chi connectivity index (χ2n) is 8.66. The molecule has 3 aromatic heterocycles. The number of H-pyrrole nitrogens is 1. The van der Waals surface area contributed by atoms with Crippen molar-refractivity contribution in [2.75, 3.05) is 28.4 Å². The number of hydrogen-bond donors (Lipinski definition) is 1. The number of nitrogens with one attached hydrogen (secondary N) is 1. The van der Waals surface area contributed by atoms with E-state index >= 15 is 0 Å². The second kappa shape index (κ2) is 15.4. The number of carbonyl (C=O) groups is 1. The first kappa shape index (κ1) is 33.4. The van der Waals surface area contributed by atoms with Gasteiger partial charge in [-0.2, -0.15) is 19.8 Å². The fourth-order valence-electron chi connectivity index (χ4n) is 3.96. The van der Waals surface area contributed by atoms with E-state index in [1.54, 1.807) is 62.5 Å². The van der Waals surface area contributed by atoms with Crippen LogP contribution in [0.3, 0.4) is 0 Å². The third kappa shape index (κ3) is 7.64. The van der Waals surface area contributed by atoms with E-state index < -0.39 is 0 Å². The molecule has 2 aromatic carbocycles. The third-order valence-corrected chi connectivity index (χ3v) is 6.85. The molecule has 5 aromatic rings. The number of ether oxygens (including phenoxy) is 4. The summed E-state index contributed by atoms with van der Waals surface area (Å²) in [6, 6.07) is 10.4. The molecule has 0 radical (unpaired) electrons. The Kier molecular flexibility index (Phi) is 11.7. The predicted molar refractivity (Wildman–Crippen MR) is 160 cm³/mol. The monoisotopic (exact) mass is 643 g/mol. The lowest BCUT2D eigenvalue weighted by Gasteiger charge is -2.09. The van der Waals surface area contributed by atoms with Gasteiger partial charge in [0.2, 0.25) is 0 Å². The molecule has 0 aliphatic rings. The van der Waals surface area contributed by atoms with Gasteiger partial charge in [0.1, 0.15) is 12.1 Å². The smallest absolute Gasteiger partial charge is 0.373 e. The molecule has 15 heteroatoms. The Labute approximate surface area is 260 Å². The summed E-state index contributed by atoms with van der Waals surface area (Å²) >= 11 is 11.8. The fraction of sp³-hybridized carbons (Fsp3) is 0.207. The molecule has 0 saturated carbocycles. The number of aromatic amines is 1. The first-order valence-electron chi connectivity index (χ1n) is 12.5. The topological polar surface area (TPSA) is 156 Å². The minimum Gasteiger partial charge on any atom is -0.493 e. The van der Waals surface area contributed by atoms with E-state index in [0.717, 1.165) is 11.3 Å². The van der Waals surface area contributed by atoms with Crippen LogP contribution in [0, 0.1) is 6.92 Å². The zero-order chi connectivity index (χ0) is 32.4. The van der Waals surface area contributed by atoms with Crippen LogP contribution in [-0.2, 0) is 16.1 Å². The van der Waals surface area contributed by atoms with Gasteiger partial charge < -0.3 is 23.9 Å². The molecule has 0 saturated heterocycles. The van der Waals surface area contributed by atoms with Gasteiger partial charge in [0.05, 0.1) is 68.5 Å². The lowest BCUT2D eigenvalue weighted by atomic mass is 10.1. The number of halogens is 2. The predicted octanol–water partition coefficient (Wildman–Crippen LogP) is 4.52. The van der Waals surface area contributed by atoms with Crippen molar-refractivity contribution in [3.05, 3.63) is 86.6 Å². The highest BCUT2D eigenvalue weighted by Gasteiger charge is 2.14. The molecule has 0 aliphatic heterocycles. The van der Waals surface area contributed by atoms with Gasteiger partial charge in [-0.1, -0.05) is 23.2 Å². The molecule has 44 heavy (non-hydrogen) atoms. The van der Waals surface area contributed by atoms with Crippen LogP contribution in [0.15, 0.2) is 59.8 Å². The Morgan fingerprint density at radius 2 is 1.43 bits per heavy atom. The highest BCUT2D eigenvalue weighted by molar-refractivity contribution is 6.33. The molecular formula is C29H27Cl2N5O8. The van der Waals surface area contributed by atoms with Crippen molar-refractivity contribution in [2.24, 2.45) is 0 Å². The number of methoxy groups -OCH3 is 4. The first-order chi connectivity index (χ1) is 21.1. The van der Waals surface area contributed by atoms with Crippen LogP contribution in [0.1, 0.15) is 16.1 Å². The van der Waals surface area contributed by atoms with Gasteiger partial charge in [-0.3, -0.25) is 14.3 Å². The van der Waals surface area contributed by atoms with Gasteiger partial charge in [0.25, 0.3) is 5.56 Å². The van der Waals surface area contributed by atoms with Gasteiger partial charge in [0.15, 0.2) is 28.8 Å². The van der Waals surface area contributed by atoms with Crippen molar-refractivity contribution in [3.8, 4) is 34.3 Å². The molecule has 0 bridgehead atoms. The Morgan fingerprint density at radius 3 is 2.00 bits per heavy atom. The molecule has 0 atom stereocenters. The number of benzene rings is 2. The van der Waals surface area contributed by atoms with Crippen LogP contribution in [0.2, 0.25) is 10.0 Å². The van der Waals surface area contributed by atoms with Crippen molar-refractivity contribution in [1.29, 1.82) is 0 Å². The lowest BCUT2D eigenvalue weighted by molar-refractivity contribution is -0.191. The standard InChI is InChI=1S/C14H12ClN3O3.C14H15ClN2O3.CO2/c1-20-11-4-3-8(5-12(11)21-2)10-7-18-13(14(19)17-10)9(15)6-16-18;1-9-11(15)7-16-17(9)8-12(18)10-4-5-13(19-2)14(6-10)20-3;2-1-3/h3-7H,1-2H3,(H,17,19);4-7H,8H2,1-3H3;. The number of nitrogens with zero attached hydrogens (tertiary/aromatic N) is 4. The van der Waals surface area contributed by atoms with E-state index in [2.05, 4.69) is 15.2 Å². The number of aromatic nitrogens is 5. The Bertz CT molecular complexity index is 1860. The van der Waals surface area contributed by atoms with Gasteiger partial charge in [-0.15, -0.1) is 0 Å². The SMILES string of the molecule is COc1ccc(-c2cn3ncc(Cl)c3c(=O)[nH]2)cc1OC.COc1ccc(C(=O)Cn2ncc(Cl)c2C)cc1OC.O=C=O. The number of carbonyl (C=O) groups excluding carboxylic acids is 3. The molecule has 13 nitrogen and oxygen atoms in total. The fourth-order valence-corrected chi connectivity index (χ4v) is 4.32. The summed E-state index contributed by atoms with van der Waals surface area (Å²) in [4.78, 5) is 43.4. The maximum absolute atomic E-state index is 12.2. The quantitative estimate of drug-likeness (QED) is 0.238. The molecule has 0 amide bonds. The Morgan fingerprint density at radius 1 is 0.864 bits per heavy atom. The Hall–Kier alpha value is -5.10. The summed E-state index contributed by atoms with van der Waals surface area (Å²) in [6.45, 7) is 1.95. The van der Waals surface area contributed by atoms with Crippen LogP contribution in [0.25, 0.3) is 16.8 Å². The van der Waals surface area contributed by atoms with Gasteiger partial charge in [-0.25, -0.2) is 4.52 Å². The van der Waals surface area contributed by atoms with E-state index in [-0.39, 0.29) is 24.0 Å². The minimum atomic E-state index is -0.301. The number of rotatable bonds is 8. The van der Waals surface area contributed by atoms with Crippen LogP contribution < -0.4 is 24.5 Å². The molecule has 0 fully saturated rings. The summed E-state index contributed by atoms with van der Waals surface area (Å²) in [5.41, 5.74) is 2.70. The average molecular weight is 644 g/mol. The van der Waals surface area contributed by atoms with E-state index in [1.165, 1.54) is 24.0 Å². The van der Waals surface area contributed by atoms with Crippen molar-refractivity contribution in [2.45, 2.75) is 13.5 Å². The van der Waals surface area contributed by atoms with Crippen LogP contribution in [0.4, 0.5) is 0 Å². The molecule has 3 heterocycles. The highest BCUT2D eigenvalue weighted by Crippen LogP contribution is 2.31. The number of ketones is 1. The normalized spacial score (nSPS) is 10.1. The van der Waals surface area contributed by atoms with E-state index in [1.807, 2.05) is 13.0 Å². The van der Waals surface area contributed by atoms with Crippen LogP contribution >= 0.6 is 23.2 Å². The zero-order valence-electron chi connectivity index (χ0n) is 24.2. The van der Waals surface area contributed by atoms with Gasteiger partial charge >= 0.3 is 6.15 Å². The number of Topliss-reactive ketones (excluding diaryl/α,β-unsaturated/α-hetero) is 1. The molecular weight excluding hydrogens is 617 g/mol. The van der Waals surface area contributed by atoms with Crippen LogP contribution in [-0.4, -0.2) is 64.8 Å². The summed E-state index contributed by atoms with van der Waals surface area (Å²) in [5, 5.41) is 8.98. The number of fused-ring (bicyclic) bond motifs is 1. The largest absolute Gasteiger partial charge is 0.493 e. The minimum absolute atomic E-state index is 0.0752. The van der Waals surface area contributed by atoms with Crippen molar-refractivity contribution in [3.63, 3.8) is 0 Å². The lowest BCUT2D eigenvalue weighted by Crippen LogP contribution is -2.13. The second-order valence-corrected chi connectivity index (χ2v) is 9.48. The zero-order valence-corrected chi connectivity index (χ0v) is 25.7. The highest BCUT2D eigenvalue weighted by atomic mass is 35.5.